The normalized spacial score (nSPS) is 10.7. The molecule has 0 aliphatic rings. The van der Waals surface area contributed by atoms with Crippen molar-refractivity contribution in [2.45, 2.75) is 13.5 Å². The first-order chi connectivity index (χ1) is 11.0. The zero-order chi connectivity index (χ0) is 16.4. The largest absolute Gasteiger partial charge is 0.462 e. The molecule has 23 heavy (non-hydrogen) atoms. The second-order valence-corrected chi connectivity index (χ2v) is 5.90. The first-order valence-electron chi connectivity index (χ1n) is 6.78. The van der Waals surface area contributed by atoms with E-state index in [1.807, 2.05) is 13.0 Å². The number of hydrogen-bond acceptors (Lipinski definition) is 4. The molecule has 2 heterocycles. The molecule has 0 bridgehead atoms. The van der Waals surface area contributed by atoms with E-state index >= 15 is 0 Å². The second-order valence-electron chi connectivity index (χ2n) is 4.82. The quantitative estimate of drug-likeness (QED) is 0.787. The molecule has 0 atom stereocenters. The molecule has 1 N–H and O–H groups in total. The van der Waals surface area contributed by atoms with Gasteiger partial charge < -0.3 is 9.73 Å². The molecule has 3 aromatic rings. The van der Waals surface area contributed by atoms with Gasteiger partial charge in [-0.05, 0) is 37.3 Å². The van der Waals surface area contributed by atoms with E-state index in [0.29, 0.717) is 5.76 Å². The lowest BCUT2D eigenvalue weighted by molar-refractivity contribution is 0.0950. The number of nitrogens with one attached hydrogen (secondary N) is 1. The lowest BCUT2D eigenvalue weighted by atomic mass is 10.2. The van der Waals surface area contributed by atoms with Gasteiger partial charge in [0.05, 0.1) is 18.5 Å². The average Bonchev–Trinajstić information content (AvgIpc) is 3.17. The van der Waals surface area contributed by atoms with E-state index < -0.39 is 17.5 Å². The van der Waals surface area contributed by atoms with Gasteiger partial charge in [0.2, 0.25) is 0 Å². The number of thiazole rings is 1. The van der Waals surface area contributed by atoms with Crippen molar-refractivity contribution in [1.29, 1.82) is 0 Å². The Morgan fingerprint density at radius 1 is 1.30 bits per heavy atom. The summed E-state index contributed by atoms with van der Waals surface area (Å²) in [4.78, 5) is 17.3. The van der Waals surface area contributed by atoms with E-state index in [2.05, 4.69) is 10.3 Å². The fourth-order valence-electron chi connectivity index (χ4n) is 2.00. The Kier molecular flexibility index (Phi) is 4.20. The van der Waals surface area contributed by atoms with Crippen LogP contribution in [-0.4, -0.2) is 10.9 Å². The van der Waals surface area contributed by atoms with Gasteiger partial charge in [-0.2, -0.15) is 0 Å². The van der Waals surface area contributed by atoms with Gasteiger partial charge in [0.15, 0.2) is 22.4 Å². The highest BCUT2D eigenvalue weighted by atomic mass is 32.1. The molecule has 2 aromatic heterocycles. The van der Waals surface area contributed by atoms with E-state index in [-0.39, 0.29) is 12.1 Å². The van der Waals surface area contributed by atoms with Gasteiger partial charge in [-0.15, -0.1) is 11.3 Å². The van der Waals surface area contributed by atoms with Crippen LogP contribution >= 0.6 is 11.3 Å². The van der Waals surface area contributed by atoms with Gasteiger partial charge in [-0.25, -0.2) is 13.8 Å². The summed E-state index contributed by atoms with van der Waals surface area (Å²) in [6, 6.07) is 6.62. The number of aryl methyl sites for hydroxylation is 1. The van der Waals surface area contributed by atoms with Crippen molar-refractivity contribution < 1.29 is 18.0 Å². The van der Waals surface area contributed by atoms with Crippen molar-refractivity contribution in [3.05, 3.63) is 64.4 Å². The van der Waals surface area contributed by atoms with E-state index in [0.717, 1.165) is 27.7 Å². The van der Waals surface area contributed by atoms with Gasteiger partial charge in [0, 0.05) is 10.4 Å². The molecule has 0 fully saturated rings. The molecule has 0 spiro atoms. The Bertz CT molecular complexity index is 844. The fraction of sp³-hybridized carbons (Fsp3) is 0.125. The van der Waals surface area contributed by atoms with Gasteiger partial charge in [-0.3, -0.25) is 4.79 Å². The molecule has 0 saturated carbocycles. The van der Waals surface area contributed by atoms with Crippen LogP contribution in [0.2, 0.25) is 0 Å². The minimum atomic E-state index is -1.05. The first-order valence-corrected chi connectivity index (χ1v) is 7.59. The molecule has 0 radical (unpaired) electrons. The Labute approximate surface area is 134 Å². The Morgan fingerprint density at radius 2 is 2.13 bits per heavy atom. The maximum Gasteiger partial charge on any atom is 0.251 e. The van der Waals surface area contributed by atoms with E-state index in [4.69, 9.17) is 4.42 Å². The van der Waals surface area contributed by atoms with Crippen LogP contribution in [0, 0.1) is 18.6 Å². The number of hydrogen-bond donors (Lipinski definition) is 1. The number of rotatable bonds is 4. The molecule has 0 aliphatic carbocycles. The predicted octanol–water partition coefficient (Wildman–Crippen LogP) is 3.92. The highest BCUT2D eigenvalue weighted by Crippen LogP contribution is 2.28. The SMILES string of the molecule is Cc1nc(-c2ccco2)sc1CNC(=O)c1ccc(F)c(F)c1. The molecule has 1 amide bonds. The minimum Gasteiger partial charge on any atom is -0.462 e. The maximum absolute atomic E-state index is 13.2. The maximum atomic E-state index is 13.2. The summed E-state index contributed by atoms with van der Waals surface area (Å²) in [5, 5.41) is 3.40. The van der Waals surface area contributed by atoms with Crippen LogP contribution in [0.1, 0.15) is 20.9 Å². The fourth-order valence-corrected chi connectivity index (χ4v) is 2.97. The molecular weight excluding hydrogens is 322 g/mol. The van der Waals surface area contributed by atoms with Gasteiger partial charge in [0.25, 0.3) is 5.91 Å². The number of amides is 1. The summed E-state index contributed by atoms with van der Waals surface area (Å²) in [6.45, 7) is 2.09. The molecule has 0 saturated heterocycles. The van der Waals surface area contributed by atoms with Crippen molar-refractivity contribution in [2.24, 2.45) is 0 Å². The minimum absolute atomic E-state index is 0.0670. The van der Waals surface area contributed by atoms with Crippen molar-refractivity contribution >= 4 is 17.2 Å². The molecule has 0 unspecified atom stereocenters. The molecule has 118 valence electrons. The Hall–Kier alpha value is -2.54. The van der Waals surface area contributed by atoms with Crippen LogP contribution in [0.3, 0.4) is 0 Å². The summed E-state index contributed by atoms with van der Waals surface area (Å²) in [7, 11) is 0. The van der Waals surface area contributed by atoms with Crippen LogP contribution in [0.5, 0.6) is 0 Å². The smallest absolute Gasteiger partial charge is 0.251 e. The monoisotopic (exact) mass is 334 g/mol. The lowest BCUT2D eigenvalue weighted by Crippen LogP contribution is -2.22. The molecule has 0 aliphatic heterocycles. The molecule has 1 aromatic carbocycles. The standard InChI is InChI=1S/C16H12F2N2O2S/c1-9-14(23-16(20-9)13-3-2-6-22-13)8-19-15(21)10-4-5-11(17)12(18)7-10/h2-7H,8H2,1H3,(H,19,21). The van der Waals surface area contributed by atoms with Crippen LogP contribution in [0.4, 0.5) is 8.78 Å². The third kappa shape index (κ3) is 3.29. The highest BCUT2D eigenvalue weighted by Gasteiger charge is 2.14. The number of carbonyl (C=O) groups is 1. The summed E-state index contributed by atoms with van der Waals surface area (Å²) < 4.78 is 31.3. The number of benzene rings is 1. The summed E-state index contributed by atoms with van der Waals surface area (Å²) in [5.41, 5.74) is 0.851. The zero-order valence-electron chi connectivity index (χ0n) is 12.1. The lowest BCUT2D eigenvalue weighted by Gasteiger charge is -2.04. The second kappa shape index (κ2) is 6.29. The topological polar surface area (TPSA) is 55.1 Å². The van der Waals surface area contributed by atoms with Gasteiger partial charge >= 0.3 is 0 Å². The van der Waals surface area contributed by atoms with Crippen molar-refractivity contribution in [1.82, 2.24) is 10.3 Å². The summed E-state index contributed by atoms with van der Waals surface area (Å²) in [5.74, 6) is -1.85. The average molecular weight is 334 g/mol. The van der Waals surface area contributed by atoms with Gasteiger partial charge in [-0.1, -0.05) is 0 Å². The van der Waals surface area contributed by atoms with Crippen LogP contribution in [-0.2, 0) is 6.54 Å². The van der Waals surface area contributed by atoms with Gasteiger partial charge in [0.1, 0.15) is 0 Å². The summed E-state index contributed by atoms with van der Waals surface area (Å²) >= 11 is 1.41. The molecular formula is C16H12F2N2O2S. The van der Waals surface area contributed by atoms with E-state index in [1.165, 1.54) is 17.4 Å². The van der Waals surface area contributed by atoms with E-state index in [1.54, 1.807) is 12.3 Å². The van der Waals surface area contributed by atoms with Crippen LogP contribution in [0.15, 0.2) is 41.0 Å². The number of aromatic nitrogens is 1. The summed E-state index contributed by atoms with van der Waals surface area (Å²) in [6.07, 6.45) is 1.57. The van der Waals surface area contributed by atoms with Crippen LogP contribution < -0.4 is 5.32 Å². The molecule has 4 nitrogen and oxygen atoms in total. The first kappa shape index (κ1) is 15.4. The van der Waals surface area contributed by atoms with Crippen molar-refractivity contribution in [3.8, 4) is 10.8 Å². The number of carbonyl (C=O) groups excluding carboxylic acids is 1. The number of furan rings is 1. The van der Waals surface area contributed by atoms with Crippen LogP contribution in [0.25, 0.3) is 10.8 Å². The zero-order valence-corrected chi connectivity index (χ0v) is 12.9. The number of halogens is 2. The molecule has 7 heteroatoms. The third-order valence-corrected chi connectivity index (χ3v) is 4.39. The Morgan fingerprint density at radius 3 is 2.83 bits per heavy atom. The van der Waals surface area contributed by atoms with Crippen molar-refractivity contribution in [3.63, 3.8) is 0 Å². The third-order valence-electron chi connectivity index (χ3n) is 3.22. The molecule has 3 rings (SSSR count). The predicted molar refractivity (Wildman–Crippen MR) is 82.1 cm³/mol. The highest BCUT2D eigenvalue weighted by molar-refractivity contribution is 7.15. The number of nitrogens with zero attached hydrogens (tertiary/aromatic N) is 1. The Balaban J connectivity index is 1.70. The van der Waals surface area contributed by atoms with Crippen molar-refractivity contribution in [2.75, 3.05) is 0 Å². The van der Waals surface area contributed by atoms with E-state index in [9.17, 15) is 13.6 Å².